The van der Waals surface area contributed by atoms with Crippen LogP contribution in [0.5, 0.6) is 0 Å². The molecule has 0 spiro atoms. The summed E-state index contributed by atoms with van der Waals surface area (Å²) in [5.74, 6) is 0.797. The van der Waals surface area contributed by atoms with Crippen molar-refractivity contribution in [1.82, 2.24) is 19.9 Å². The van der Waals surface area contributed by atoms with Crippen LogP contribution in [0.25, 0.3) is 21.9 Å². The van der Waals surface area contributed by atoms with Gasteiger partial charge in [-0.1, -0.05) is 0 Å². The summed E-state index contributed by atoms with van der Waals surface area (Å²) in [7, 11) is 0. The number of nitrogens with two attached hydrogens (primary N) is 1. The first-order valence-electron chi connectivity index (χ1n) is 5.35. The van der Waals surface area contributed by atoms with Crippen molar-refractivity contribution in [2.45, 2.75) is 13.5 Å². The van der Waals surface area contributed by atoms with E-state index in [1.165, 1.54) is 0 Å². The molecule has 0 radical (unpaired) electrons. The van der Waals surface area contributed by atoms with Crippen LogP contribution in [0.15, 0.2) is 16.7 Å². The lowest BCUT2D eigenvalue weighted by molar-refractivity contribution is 1.02. The molecule has 3 N–H and O–H groups in total. The molecule has 18 heavy (non-hydrogen) atoms. The lowest BCUT2D eigenvalue weighted by Crippen LogP contribution is -1.94. The van der Waals surface area contributed by atoms with Crippen LogP contribution in [0.3, 0.4) is 0 Å². The van der Waals surface area contributed by atoms with Gasteiger partial charge in [-0.15, -0.1) is 11.3 Å². The minimum absolute atomic E-state index is 0.454. The van der Waals surface area contributed by atoms with E-state index in [0.29, 0.717) is 12.2 Å². The molecule has 0 bridgehead atoms. The summed E-state index contributed by atoms with van der Waals surface area (Å²) in [4.78, 5) is 17.4. The molecular weight excluding hydrogens is 314 g/mol. The highest BCUT2D eigenvalue weighted by atomic mass is 79.9. The van der Waals surface area contributed by atoms with E-state index < -0.39 is 0 Å². The topological polar surface area (TPSA) is 80.5 Å². The number of halogens is 1. The third kappa shape index (κ3) is 1.94. The fraction of sp³-hybridized carbons (Fsp3) is 0.182. The molecule has 0 saturated heterocycles. The number of rotatable bonds is 2. The number of imidazole rings is 1. The van der Waals surface area contributed by atoms with Gasteiger partial charge in [-0.2, -0.15) is 0 Å². The summed E-state index contributed by atoms with van der Waals surface area (Å²) in [5, 5.41) is 0.914. The van der Waals surface area contributed by atoms with Crippen LogP contribution < -0.4 is 5.73 Å². The Balaban J connectivity index is 2.15. The number of pyridine rings is 1. The first kappa shape index (κ1) is 11.8. The molecule has 92 valence electrons. The molecule has 0 aromatic carbocycles. The molecule has 0 fully saturated rings. The van der Waals surface area contributed by atoms with E-state index in [9.17, 15) is 0 Å². The van der Waals surface area contributed by atoms with Crippen LogP contribution in [0, 0.1) is 6.92 Å². The average molecular weight is 324 g/mol. The van der Waals surface area contributed by atoms with Crippen molar-refractivity contribution in [3.63, 3.8) is 0 Å². The monoisotopic (exact) mass is 323 g/mol. The molecule has 0 aliphatic heterocycles. The highest BCUT2D eigenvalue weighted by Gasteiger charge is 2.13. The van der Waals surface area contributed by atoms with Crippen LogP contribution in [-0.4, -0.2) is 19.9 Å². The second-order valence-corrected chi connectivity index (χ2v) is 5.84. The van der Waals surface area contributed by atoms with Crippen molar-refractivity contribution in [2.24, 2.45) is 5.73 Å². The fourth-order valence-electron chi connectivity index (χ4n) is 1.74. The normalized spacial score (nSPS) is 11.3. The molecule has 0 unspecified atom stereocenters. The van der Waals surface area contributed by atoms with Crippen molar-refractivity contribution >= 4 is 38.4 Å². The predicted octanol–water partition coefficient (Wildman–Crippen LogP) is 2.61. The van der Waals surface area contributed by atoms with Gasteiger partial charge in [-0.05, 0) is 28.9 Å². The molecule has 0 amide bonds. The Kier molecular flexibility index (Phi) is 2.89. The lowest BCUT2D eigenvalue weighted by Gasteiger charge is -1.90. The molecule has 5 nitrogen and oxygen atoms in total. The Morgan fingerprint density at radius 2 is 2.28 bits per heavy atom. The predicted molar refractivity (Wildman–Crippen MR) is 75.3 cm³/mol. The molecule has 7 heteroatoms. The van der Waals surface area contributed by atoms with Gasteiger partial charge < -0.3 is 10.7 Å². The van der Waals surface area contributed by atoms with Crippen LogP contribution in [0.1, 0.15) is 10.7 Å². The maximum Gasteiger partial charge on any atom is 0.178 e. The molecule has 0 saturated carbocycles. The summed E-state index contributed by atoms with van der Waals surface area (Å²) in [5.41, 5.74) is 8.16. The van der Waals surface area contributed by atoms with E-state index in [1.54, 1.807) is 17.5 Å². The molecule has 3 aromatic heterocycles. The number of aromatic nitrogens is 4. The Labute approximate surface area is 116 Å². The van der Waals surface area contributed by atoms with Gasteiger partial charge in [0.25, 0.3) is 0 Å². The minimum Gasteiger partial charge on any atom is -0.336 e. The summed E-state index contributed by atoms with van der Waals surface area (Å²) >= 11 is 4.95. The standard InChI is InChI=1S/C11H10BrN5S/c1-5-9(18-8(3-13)15-5)11-16-7-2-6(12)4-14-10(7)17-11/h2,4H,3,13H2,1H3,(H,14,16,17). The first-order chi connectivity index (χ1) is 8.67. The van der Waals surface area contributed by atoms with Crippen LogP contribution in [0.4, 0.5) is 0 Å². The third-order valence-corrected chi connectivity index (χ3v) is 4.15. The zero-order valence-electron chi connectivity index (χ0n) is 9.57. The molecule has 0 atom stereocenters. The highest BCUT2D eigenvalue weighted by molar-refractivity contribution is 9.10. The number of aryl methyl sites for hydroxylation is 1. The van der Waals surface area contributed by atoms with E-state index in [4.69, 9.17) is 5.73 Å². The number of nitrogens with one attached hydrogen (secondary N) is 1. The Morgan fingerprint density at radius 3 is 3.00 bits per heavy atom. The summed E-state index contributed by atoms with van der Waals surface area (Å²) in [6, 6.07) is 1.96. The van der Waals surface area contributed by atoms with E-state index in [2.05, 4.69) is 35.9 Å². The summed E-state index contributed by atoms with van der Waals surface area (Å²) in [6.07, 6.45) is 1.73. The van der Waals surface area contributed by atoms with Crippen LogP contribution >= 0.6 is 27.3 Å². The van der Waals surface area contributed by atoms with Crippen molar-refractivity contribution in [2.75, 3.05) is 0 Å². The number of H-pyrrole nitrogens is 1. The van der Waals surface area contributed by atoms with Crippen molar-refractivity contribution in [3.8, 4) is 10.7 Å². The number of fused-ring (bicyclic) bond motifs is 1. The Bertz CT molecular complexity index is 717. The zero-order valence-corrected chi connectivity index (χ0v) is 12.0. The van der Waals surface area contributed by atoms with Gasteiger partial charge in [0.1, 0.15) is 5.01 Å². The van der Waals surface area contributed by atoms with Gasteiger partial charge in [-0.25, -0.2) is 15.0 Å². The number of nitrogens with zero attached hydrogens (tertiary/aromatic N) is 3. The first-order valence-corrected chi connectivity index (χ1v) is 6.96. The molecule has 3 heterocycles. The number of aromatic amines is 1. The SMILES string of the molecule is Cc1nc(CN)sc1-c1nc2ncc(Br)cc2[nH]1. The van der Waals surface area contributed by atoms with Crippen molar-refractivity contribution in [3.05, 3.63) is 27.4 Å². The van der Waals surface area contributed by atoms with Gasteiger partial charge in [0.2, 0.25) is 0 Å². The van der Waals surface area contributed by atoms with Crippen LogP contribution in [-0.2, 0) is 6.54 Å². The minimum atomic E-state index is 0.454. The maximum absolute atomic E-state index is 5.60. The van der Waals surface area contributed by atoms with Crippen LogP contribution in [0.2, 0.25) is 0 Å². The number of thiazole rings is 1. The quantitative estimate of drug-likeness (QED) is 0.759. The molecule has 0 aliphatic rings. The van der Waals surface area contributed by atoms with E-state index in [0.717, 1.165) is 31.4 Å². The summed E-state index contributed by atoms with van der Waals surface area (Å²) in [6.45, 7) is 2.41. The van der Waals surface area contributed by atoms with Crippen molar-refractivity contribution in [1.29, 1.82) is 0 Å². The van der Waals surface area contributed by atoms with E-state index in [1.807, 2.05) is 13.0 Å². The third-order valence-electron chi connectivity index (χ3n) is 2.53. The largest absolute Gasteiger partial charge is 0.336 e. The Morgan fingerprint density at radius 1 is 1.44 bits per heavy atom. The van der Waals surface area contributed by atoms with E-state index >= 15 is 0 Å². The maximum atomic E-state index is 5.60. The van der Waals surface area contributed by atoms with E-state index in [-0.39, 0.29) is 0 Å². The van der Waals surface area contributed by atoms with Gasteiger partial charge in [0.05, 0.1) is 16.1 Å². The van der Waals surface area contributed by atoms with Gasteiger partial charge in [0.15, 0.2) is 11.5 Å². The smallest absolute Gasteiger partial charge is 0.178 e. The second-order valence-electron chi connectivity index (χ2n) is 3.84. The van der Waals surface area contributed by atoms with Gasteiger partial charge in [-0.3, -0.25) is 0 Å². The second kappa shape index (κ2) is 4.42. The molecular formula is C11H10BrN5S. The zero-order chi connectivity index (χ0) is 12.7. The fourth-order valence-corrected chi connectivity index (χ4v) is 2.96. The molecule has 0 aliphatic carbocycles. The Hall–Kier alpha value is -1.31. The summed E-state index contributed by atoms with van der Waals surface area (Å²) < 4.78 is 0.925. The molecule has 3 rings (SSSR count). The average Bonchev–Trinajstić information content (AvgIpc) is 2.91. The van der Waals surface area contributed by atoms with Gasteiger partial charge in [0, 0.05) is 17.2 Å². The molecule has 3 aromatic rings. The van der Waals surface area contributed by atoms with Crippen molar-refractivity contribution < 1.29 is 0 Å². The number of hydrogen-bond donors (Lipinski definition) is 2. The van der Waals surface area contributed by atoms with Gasteiger partial charge >= 0.3 is 0 Å². The highest BCUT2D eigenvalue weighted by Crippen LogP contribution is 2.29. The lowest BCUT2D eigenvalue weighted by atomic mass is 10.4. The number of hydrogen-bond acceptors (Lipinski definition) is 5.